The number of phenols is 1. The first-order valence-corrected chi connectivity index (χ1v) is 16.7. The predicted molar refractivity (Wildman–Crippen MR) is 182 cm³/mol. The van der Waals surface area contributed by atoms with E-state index in [9.17, 15) is 18.3 Å². The lowest BCUT2D eigenvalue weighted by Crippen LogP contribution is -2.46. The van der Waals surface area contributed by atoms with Gasteiger partial charge in [0.2, 0.25) is 10.0 Å². The Bertz CT molecular complexity index is 2240. The Labute approximate surface area is 276 Å². The molecule has 1 amide bonds. The highest BCUT2D eigenvalue weighted by molar-refractivity contribution is 7.89. The van der Waals surface area contributed by atoms with Gasteiger partial charge < -0.3 is 24.2 Å². The summed E-state index contributed by atoms with van der Waals surface area (Å²) in [5, 5.41) is 19.0. The van der Waals surface area contributed by atoms with Gasteiger partial charge in [-0.3, -0.25) is 10.5 Å². The summed E-state index contributed by atoms with van der Waals surface area (Å²) in [5.41, 5.74) is 10.7. The van der Waals surface area contributed by atoms with Crippen LogP contribution in [0.5, 0.6) is 11.5 Å². The fourth-order valence-corrected chi connectivity index (χ4v) is 6.86. The third-order valence-electron chi connectivity index (χ3n) is 8.40. The second-order valence-electron chi connectivity index (χ2n) is 11.5. The second-order valence-corrected chi connectivity index (χ2v) is 13.0. The van der Waals surface area contributed by atoms with Crippen molar-refractivity contribution in [3.05, 3.63) is 126 Å². The van der Waals surface area contributed by atoms with Crippen LogP contribution in [-0.2, 0) is 21.4 Å². The number of nitrogens with zero attached hydrogens (tertiary/aromatic N) is 2. The van der Waals surface area contributed by atoms with Gasteiger partial charge in [0.1, 0.15) is 29.5 Å². The molecule has 6 N–H and O–H groups in total. The van der Waals surface area contributed by atoms with E-state index in [1.807, 2.05) is 47.4 Å². The maximum absolute atomic E-state index is 15.0. The molecular weight excluding hydrogens is 630 g/mol. The number of nitrogens with two attached hydrogens (primary N) is 2. The number of aromatic amines is 1. The molecule has 0 bridgehead atoms. The molecule has 0 aliphatic carbocycles. The van der Waals surface area contributed by atoms with E-state index in [-0.39, 0.29) is 29.7 Å². The number of H-pyrrole nitrogens is 1. The number of carbonyl (C=O) groups is 1. The van der Waals surface area contributed by atoms with Crippen LogP contribution in [0.4, 0.5) is 17.2 Å². The van der Waals surface area contributed by atoms with Crippen LogP contribution in [0.15, 0.2) is 125 Å². The molecular formula is C36H32N5O6S+. The number of hydrogen-bond donors (Lipinski definition) is 3. The minimum Gasteiger partial charge on any atom is -0.508 e. The van der Waals surface area contributed by atoms with Crippen molar-refractivity contribution in [2.24, 2.45) is 5.14 Å². The molecule has 12 heteroatoms. The molecule has 242 valence electrons. The summed E-state index contributed by atoms with van der Waals surface area (Å²) < 4.78 is 36.2. The van der Waals surface area contributed by atoms with Gasteiger partial charge in [0.05, 0.1) is 17.1 Å². The molecule has 0 spiro atoms. The standard InChI is InChI=1S/C36H31N5O6S/c37-35-29-21-26(13-17-31(29)47-39-35)41(22-23-6-2-1-3-7-23)34(24-10-14-27(42)15-11-24)36(43)40-18-19-46-32-20-25(12-16-30(32)40)28-8-4-5-9-33(28)48(38,44)45/h1-17,20-21,34,42H,18-19,22H2,(H2,37,39)(H2,38,44,45)/p+1. The highest BCUT2D eigenvalue weighted by Crippen LogP contribution is 2.41. The number of nitrogen functional groups attached to an aromatic ring is 1. The highest BCUT2D eigenvalue weighted by Gasteiger charge is 2.36. The zero-order valence-electron chi connectivity index (χ0n) is 25.6. The third kappa shape index (κ3) is 5.90. The molecule has 0 saturated heterocycles. The minimum atomic E-state index is -3.99. The van der Waals surface area contributed by atoms with Gasteiger partial charge in [-0.05, 0) is 65.2 Å². The molecule has 0 fully saturated rings. The first kappa shape index (κ1) is 30.8. The van der Waals surface area contributed by atoms with E-state index in [2.05, 4.69) is 5.16 Å². The summed E-state index contributed by atoms with van der Waals surface area (Å²) >= 11 is 0. The van der Waals surface area contributed by atoms with Gasteiger partial charge in [-0.25, -0.2) is 13.6 Å². The maximum atomic E-state index is 15.0. The van der Waals surface area contributed by atoms with Crippen molar-refractivity contribution in [3.8, 4) is 22.6 Å². The van der Waals surface area contributed by atoms with E-state index in [4.69, 9.17) is 20.1 Å². The van der Waals surface area contributed by atoms with Crippen molar-refractivity contribution in [1.29, 1.82) is 0 Å². The van der Waals surface area contributed by atoms with Crippen molar-refractivity contribution in [1.82, 2.24) is 0 Å². The van der Waals surface area contributed by atoms with Crippen LogP contribution in [-0.4, -0.2) is 32.6 Å². The lowest BCUT2D eigenvalue weighted by Gasteiger charge is -2.38. The Morgan fingerprint density at radius 3 is 2.46 bits per heavy atom. The summed E-state index contributed by atoms with van der Waals surface area (Å²) in [6, 6.07) is 32.8. The van der Waals surface area contributed by atoms with Gasteiger partial charge in [-0.15, -0.1) is 0 Å². The van der Waals surface area contributed by atoms with Crippen LogP contribution in [0.25, 0.3) is 22.1 Å². The average Bonchev–Trinajstić information content (AvgIpc) is 3.47. The largest absolute Gasteiger partial charge is 0.508 e. The molecule has 48 heavy (non-hydrogen) atoms. The van der Waals surface area contributed by atoms with Crippen LogP contribution in [0.1, 0.15) is 17.2 Å². The fraction of sp³-hybridized carbons (Fsp3) is 0.111. The number of nitrogens with one attached hydrogen (secondary N) is 1. The number of sulfonamides is 1. The predicted octanol–water partition coefficient (Wildman–Crippen LogP) is 5.02. The maximum Gasteiger partial charge on any atom is 0.316 e. The summed E-state index contributed by atoms with van der Waals surface area (Å²) in [6.07, 6.45) is 0. The number of hydrogen-bond acceptors (Lipinski definition) is 8. The van der Waals surface area contributed by atoms with E-state index in [1.165, 1.54) is 6.07 Å². The summed E-state index contributed by atoms with van der Waals surface area (Å²) in [4.78, 5) is 18.7. The highest BCUT2D eigenvalue weighted by atomic mass is 32.2. The lowest BCUT2D eigenvalue weighted by molar-refractivity contribution is -0.590. The smallest absolute Gasteiger partial charge is 0.316 e. The molecule has 1 aliphatic rings. The molecule has 2 heterocycles. The average molecular weight is 663 g/mol. The number of aromatic hydroxyl groups is 1. The molecule has 6 aromatic rings. The zero-order chi connectivity index (χ0) is 33.4. The van der Waals surface area contributed by atoms with E-state index in [1.54, 1.807) is 71.6 Å². The summed E-state index contributed by atoms with van der Waals surface area (Å²) in [5.74, 6) is 0.636. The van der Waals surface area contributed by atoms with Crippen LogP contribution >= 0.6 is 0 Å². The summed E-state index contributed by atoms with van der Waals surface area (Å²) in [6.45, 7) is 0.855. The number of phenolic OH excluding ortho intramolecular Hbond substituents is 1. The number of amides is 1. The molecule has 1 aromatic heterocycles. The van der Waals surface area contributed by atoms with E-state index >= 15 is 0 Å². The summed E-state index contributed by atoms with van der Waals surface area (Å²) in [7, 11) is -3.99. The number of rotatable bonds is 8. The zero-order valence-corrected chi connectivity index (χ0v) is 26.4. The third-order valence-corrected chi connectivity index (χ3v) is 9.37. The Hall–Kier alpha value is -5.85. The number of aromatic nitrogens is 1. The van der Waals surface area contributed by atoms with Gasteiger partial charge in [-0.2, -0.15) is 0 Å². The molecule has 5 aromatic carbocycles. The first-order chi connectivity index (χ1) is 23.2. The van der Waals surface area contributed by atoms with Crippen LogP contribution < -0.4 is 30.6 Å². The topological polar surface area (TPSA) is 166 Å². The Kier molecular flexibility index (Phi) is 7.95. The van der Waals surface area contributed by atoms with Crippen molar-refractivity contribution >= 4 is 44.1 Å². The van der Waals surface area contributed by atoms with Gasteiger partial charge in [0.15, 0.2) is 5.58 Å². The number of carbonyl (C=O) groups excluding carboxylic acids is 1. The molecule has 7 rings (SSSR count). The number of fused-ring (bicyclic) bond motifs is 2. The van der Waals surface area contributed by atoms with Crippen LogP contribution in [0.3, 0.4) is 0 Å². The van der Waals surface area contributed by atoms with Crippen molar-refractivity contribution < 1.29 is 32.7 Å². The Morgan fingerprint density at radius 2 is 1.69 bits per heavy atom. The van der Waals surface area contributed by atoms with Gasteiger partial charge in [0.25, 0.3) is 5.91 Å². The van der Waals surface area contributed by atoms with Gasteiger partial charge in [-0.1, -0.05) is 71.9 Å². The fourth-order valence-electron chi connectivity index (χ4n) is 6.10. The molecule has 11 nitrogen and oxygen atoms in total. The van der Waals surface area contributed by atoms with Crippen LogP contribution in [0, 0.1) is 0 Å². The molecule has 0 radical (unpaired) electrons. The monoisotopic (exact) mass is 662 g/mol. The van der Waals surface area contributed by atoms with Crippen LogP contribution in [0.2, 0.25) is 0 Å². The van der Waals surface area contributed by atoms with E-state index in [0.29, 0.717) is 51.5 Å². The Morgan fingerprint density at radius 1 is 0.938 bits per heavy atom. The molecule has 1 aliphatic heterocycles. The minimum absolute atomic E-state index is 0.00883. The lowest BCUT2D eigenvalue weighted by atomic mass is 9.99. The number of primary sulfonamides is 1. The van der Waals surface area contributed by atoms with Gasteiger partial charge in [0, 0.05) is 17.8 Å². The van der Waals surface area contributed by atoms with Crippen molar-refractivity contribution in [2.45, 2.75) is 17.5 Å². The quantitative estimate of drug-likeness (QED) is 0.204. The van der Waals surface area contributed by atoms with Crippen molar-refractivity contribution in [3.63, 3.8) is 0 Å². The number of benzene rings is 5. The molecule has 1 atom stereocenters. The molecule has 1 unspecified atom stereocenters. The van der Waals surface area contributed by atoms with Crippen molar-refractivity contribution in [2.75, 3.05) is 28.7 Å². The van der Waals surface area contributed by atoms with E-state index < -0.39 is 16.1 Å². The number of ether oxygens (including phenoxy) is 1. The second kappa shape index (κ2) is 12.4. The van der Waals surface area contributed by atoms with E-state index in [0.717, 1.165) is 11.3 Å². The molecule has 0 saturated carbocycles. The number of anilines is 3. The normalized spacial score (nSPS) is 13.5. The Balaban J connectivity index is 1.34. The first-order valence-electron chi connectivity index (χ1n) is 15.2. The van der Waals surface area contributed by atoms with Gasteiger partial charge >= 0.3 is 5.82 Å². The SMILES string of the molecule is Nc1[nH+]oc2ccc(N(Cc3ccccc3)C(C(=O)N3CCOc4cc(-c5ccccc5S(N)(=O)=O)ccc43)c3ccc(O)cc3)cc12.